The molecule has 0 atom stereocenters. The summed E-state index contributed by atoms with van der Waals surface area (Å²) < 4.78 is 80.2. The molecule has 4 nitrogen and oxygen atoms in total. The molecule has 122 valence electrons. The maximum atomic E-state index is 12.0. The van der Waals surface area contributed by atoms with Crippen LogP contribution in [0.4, 0.5) is 26.3 Å². The van der Waals surface area contributed by atoms with Gasteiger partial charge in [0.05, 0.1) is 6.54 Å². The average Bonchev–Trinajstić information content (AvgIpc) is 2.32. The molecule has 0 unspecified atom stereocenters. The zero-order valence-corrected chi connectivity index (χ0v) is 12.2. The molecule has 0 saturated heterocycles. The monoisotopic (exact) mass is 337 g/mol. The molecular formula is C10H13F6NO3Si. The van der Waals surface area contributed by atoms with Crippen LogP contribution in [0.3, 0.4) is 0 Å². The Hall–Kier alpha value is -1.48. The lowest BCUT2D eigenvalue weighted by atomic mass is 10.5. The number of aliphatic imine (C=N–C) groups is 1. The van der Waals surface area contributed by atoms with Crippen molar-refractivity contribution in [2.45, 2.75) is 24.8 Å². The van der Waals surface area contributed by atoms with Crippen molar-refractivity contribution in [3.63, 3.8) is 0 Å². The molecule has 0 aromatic rings. The lowest BCUT2D eigenvalue weighted by Gasteiger charge is -2.13. The van der Waals surface area contributed by atoms with Gasteiger partial charge in [-0.1, -0.05) is 6.04 Å². The third-order valence-corrected chi connectivity index (χ3v) is 3.61. The molecule has 0 fully saturated rings. The number of carbonyl (C=O) groups excluding carboxylic acids is 1. The Balaban J connectivity index is 4.32. The van der Waals surface area contributed by atoms with Crippen molar-refractivity contribution >= 4 is 15.6 Å². The van der Waals surface area contributed by atoms with Gasteiger partial charge in [-0.05, 0) is 6.42 Å². The Bertz CT molecular complexity index is 376. The van der Waals surface area contributed by atoms with E-state index in [0.717, 1.165) is 0 Å². The molecule has 11 heteroatoms. The zero-order valence-electron chi connectivity index (χ0n) is 10.8. The fraction of sp³-hybridized carbons (Fsp3) is 0.700. The van der Waals surface area contributed by atoms with Crippen LogP contribution in [-0.2, 0) is 14.3 Å². The van der Waals surface area contributed by atoms with Crippen LogP contribution in [0.15, 0.2) is 16.6 Å². The first-order valence-electron chi connectivity index (χ1n) is 5.74. The van der Waals surface area contributed by atoms with E-state index < -0.39 is 35.1 Å². The average molecular weight is 337 g/mol. The van der Waals surface area contributed by atoms with Gasteiger partial charge < -0.3 is 9.47 Å². The summed E-state index contributed by atoms with van der Waals surface area (Å²) in [7, 11) is -1.38. The first-order chi connectivity index (χ1) is 9.64. The highest BCUT2D eigenvalue weighted by molar-refractivity contribution is 6.44. The van der Waals surface area contributed by atoms with E-state index in [2.05, 4.69) is 14.5 Å². The highest BCUT2D eigenvalue weighted by Gasteiger charge is 2.29. The van der Waals surface area contributed by atoms with E-state index in [4.69, 9.17) is 0 Å². The Kier molecular flexibility index (Phi) is 8.79. The van der Waals surface area contributed by atoms with Crippen LogP contribution in [0.2, 0.25) is 6.04 Å². The first kappa shape index (κ1) is 19.5. The van der Waals surface area contributed by atoms with E-state index in [1.54, 1.807) is 0 Å². The molecule has 0 aromatic heterocycles. The molecule has 21 heavy (non-hydrogen) atoms. The summed E-state index contributed by atoms with van der Waals surface area (Å²) in [5.74, 6) is 0. The standard InChI is InChI=1S/C10H13F6NO3Si/c11-9(12,13)5-19-4-8(20-6-10(14,15)16)21-3-1-2-17-7-18/h4H,1-3,5-6,21H2. The molecule has 0 aliphatic rings. The van der Waals surface area contributed by atoms with Gasteiger partial charge in [-0.3, -0.25) is 0 Å². The number of isocyanates is 1. The molecule has 0 radical (unpaired) electrons. The predicted molar refractivity (Wildman–Crippen MR) is 63.1 cm³/mol. The van der Waals surface area contributed by atoms with Gasteiger partial charge in [0.15, 0.2) is 13.2 Å². The van der Waals surface area contributed by atoms with Crippen molar-refractivity contribution in [2.75, 3.05) is 19.8 Å². The van der Waals surface area contributed by atoms with Gasteiger partial charge in [-0.25, -0.2) is 9.79 Å². The van der Waals surface area contributed by atoms with Crippen molar-refractivity contribution in [2.24, 2.45) is 4.99 Å². The molecule has 0 bridgehead atoms. The fourth-order valence-corrected chi connectivity index (χ4v) is 2.41. The molecule has 0 aromatic carbocycles. The molecule has 0 heterocycles. The third kappa shape index (κ3) is 14.7. The van der Waals surface area contributed by atoms with E-state index in [-0.39, 0.29) is 11.9 Å². The van der Waals surface area contributed by atoms with Crippen LogP contribution >= 0.6 is 0 Å². The van der Waals surface area contributed by atoms with E-state index in [1.807, 2.05) is 0 Å². The van der Waals surface area contributed by atoms with Gasteiger partial charge in [0, 0.05) is 0 Å². The second-order valence-electron chi connectivity index (χ2n) is 3.84. The van der Waals surface area contributed by atoms with Gasteiger partial charge >= 0.3 is 12.4 Å². The van der Waals surface area contributed by atoms with Crippen LogP contribution in [0, 0.1) is 0 Å². The van der Waals surface area contributed by atoms with Gasteiger partial charge in [-0.15, -0.1) is 0 Å². The number of halogens is 6. The van der Waals surface area contributed by atoms with E-state index in [0.29, 0.717) is 18.7 Å². The van der Waals surface area contributed by atoms with Crippen LogP contribution in [0.5, 0.6) is 0 Å². The molecular weight excluding hydrogens is 324 g/mol. The van der Waals surface area contributed by atoms with Crippen molar-refractivity contribution in [1.29, 1.82) is 0 Å². The van der Waals surface area contributed by atoms with E-state index in [1.165, 1.54) is 6.08 Å². The largest absolute Gasteiger partial charge is 0.491 e. The maximum absolute atomic E-state index is 12.0. The molecule has 0 amide bonds. The second kappa shape index (κ2) is 9.45. The van der Waals surface area contributed by atoms with Crippen molar-refractivity contribution in [1.82, 2.24) is 0 Å². The summed E-state index contributed by atoms with van der Waals surface area (Å²) in [6.07, 6.45) is -6.88. The zero-order chi connectivity index (χ0) is 16.4. The topological polar surface area (TPSA) is 47.9 Å². The minimum atomic E-state index is -4.58. The second-order valence-corrected chi connectivity index (χ2v) is 5.75. The summed E-state index contributed by atoms with van der Waals surface area (Å²) in [6.45, 7) is -3.03. The summed E-state index contributed by atoms with van der Waals surface area (Å²) in [5, 5.41) is -0.216. The number of rotatable bonds is 9. The maximum Gasteiger partial charge on any atom is 0.422 e. The number of nitrogens with zero attached hydrogens (tertiary/aromatic N) is 1. The van der Waals surface area contributed by atoms with E-state index in [9.17, 15) is 31.1 Å². The van der Waals surface area contributed by atoms with Crippen molar-refractivity contribution in [3.8, 4) is 0 Å². The van der Waals surface area contributed by atoms with Gasteiger partial charge in [-0.2, -0.15) is 26.3 Å². The highest BCUT2D eigenvalue weighted by atomic mass is 28.2. The van der Waals surface area contributed by atoms with Gasteiger partial charge in [0.1, 0.15) is 21.2 Å². The molecule has 0 aliphatic heterocycles. The van der Waals surface area contributed by atoms with Gasteiger partial charge in [0.2, 0.25) is 6.08 Å². The highest BCUT2D eigenvalue weighted by Crippen LogP contribution is 2.18. The summed E-state index contributed by atoms with van der Waals surface area (Å²) >= 11 is 0. The Labute approximate surface area is 118 Å². The number of alkyl halides is 6. The third-order valence-electron chi connectivity index (χ3n) is 1.89. The van der Waals surface area contributed by atoms with Crippen LogP contribution in [-0.4, -0.2) is 47.7 Å². The molecule has 0 aliphatic carbocycles. The van der Waals surface area contributed by atoms with Crippen molar-refractivity contribution in [3.05, 3.63) is 11.6 Å². The number of hydrogen-bond donors (Lipinski definition) is 0. The number of ether oxygens (including phenoxy) is 2. The van der Waals surface area contributed by atoms with Crippen LogP contribution in [0.1, 0.15) is 6.42 Å². The van der Waals surface area contributed by atoms with E-state index >= 15 is 0 Å². The SMILES string of the molecule is O=C=NCCC[SiH2]C(=COCC(F)(F)F)OCC(F)(F)F. The molecule has 0 spiro atoms. The molecule has 0 N–H and O–H groups in total. The number of hydrogen-bond acceptors (Lipinski definition) is 4. The van der Waals surface area contributed by atoms with Crippen LogP contribution in [0.25, 0.3) is 0 Å². The smallest absolute Gasteiger partial charge is 0.422 e. The summed E-state index contributed by atoms with van der Waals surface area (Å²) in [4.78, 5) is 13.0. The van der Waals surface area contributed by atoms with Crippen LogP contribution < -0.4 is 0 Å². The normalized spacial score (nSPS) is 13.3. The fourth-order valence-electron chi connectivity index (χ4n) is 1.10. The Morgan fingerprint density at radius 3 is 2.29 bits per heavy atom. The Morgan fingerprint density at radius 2 is 1.76 bits per heavy atom. The lowest BCUT2D eigenvalue weighted by molar-refractivity contribution is -0.168. The predicted octanol–water partition coefficient (Wildman–Crippen LogP) is 2.26. The quantitative estimate of drug-likeness (QED) is 0.162. The molecule has 0 saturated carbocycles. The summed E-state index contributed by atoms with van der Waals surface area (Å²) in [5.41, 5.74) is 0. The lowest BCUT2D eigenvalue weighted by Crippen LogP contribution is -2.19. The minimum absolute atomic E-state index is 0.159. The first-order valence-corrected chi connectivity index (χ1v) is 7.45. The summed E-state index contributed by atoms with van der Waals surface area (Å²) in [6, 6.07) is 0.407. The van der Waals surface area contributed by atoms with Crippen molar-refractivity contribution < 1.29 is 40.6 Å². The molecule has 0 rings (SSSR count). The van der Waals surface area contributed by atoms with Gasteiger partial charge in [0.25, 0.3) is 0 Å². The minimum Gasteiger partial charge on any atom is -0.491 e. The Morgan fingerprint density at radius 1 is 1.14 bits per heavy atom.